The van der Waals surface area contributed by atoms with Crippen LogP contribution in [0.15, 0.2) is 0 Å². The van der Waals surface area contributed by atoms with Crippen LogP contribution in [0.4, 0.5) is 0 Å². The lowest BCUT2D eigenvalue weighted by molar-refractivity contribution is -0.131. The van der Waals surface area contributed by atoms with Crippen LogP contribution >= 0.6 is 0 Å². The number of carbonyl (C=O) groups is 1. The Morgan fingerprint density at radius 2 is 2.12 bits per heavy atom. The maximum absolute atomic E-state index is 12.3. The number of hydrogen-bond acceptors (Lipinski definition) is 3. The molecule has 17 heavy (non-hydrogen) atoms. The third kappa shape index (κ3) is 1.87. The van der Waals surface area contributed by atoms with Crippen LogP contribution in [0.25, 0.3) is 0 Å². The van der Waals surface area contributed by atoms with Gasteiger partial charge in [0, 0.05) is 20.3 Å². The Hall–Kier alpha value is -0.610. The first-order chi connectivity index (χ1) is 8.11. The molecule has 3 rings (SSSR count). The minimum absolute atomic E-state index is 0.156. The molecule has 4 nitrogen and oxygen atoms in total. The number of ether oxygens (including phenoxy) is 1. The molecule has 1 N–H and O–H groups in total. The Balaban J connectivity index is 1.63. The standard InChI is InChI=1S/C13H22N2O2/c1-10-14-13(5-6-13)11(16)15(10)9-12(3-4-12)7-8-17-2/h10,14H,3-9H2,1-2H3. The van der Waals surface area contributed by atoms with Crippen molar-refractivity contribution in [3.8, 4) is 0 Å². The Bertz CT molecular complexity index is 334. The lowest BCUT2D eigenvalue weighted by Gasteiger charge is -2.26. The fraction of sp³-hybridized carbons (Fsp3) is 0.923. The summed E-state index contributed by atoms with van der Waals surface area (Å²) in [6, 6.07) is 0. The van der Waals surface area contributed by atoms with Crippen LogP contribution in [-0.2, 0) is 9.53 Å². The molecule has 0 bridgehead atoms. The van der Waals surface area contributed by atoms with E-state index in [4.69, 9.17) is 4.74 Å². The summed E-state index contributed by atoms with van der Waals surface area (Å²) in [4.78, 5) is 14.4. The molecule has 2 aliphatic carbocycles. The predicted octanol–water partition coefficient (Wildman–Crippen LogP) is 1.11. The summed E-state index contributed by atoms with van der Waals surface area (Å²) in [6.45, 7) is 3.84. The van der Waals surface area contributed by atoms with Crippen LogP contribution in [0, 0.1) is 5.41 Å². The van der Waals surface area contributed by atoms with Crippen LogP contribution in [0.5, 0.6) is 0 Å². The predicted molar refractivity (Wildman–Crippen MR) is 64.4 cm³/mol. The molecule has 1 heterocycles. The van der Waals surface area contributed by atoms with Crippen LogP contribution < -0.4 is 5.32 Å². The van der Waals surface area contributed by atoms with E-state index in [2.05, 4.69) is 17.1 Å². The molecule has 0 aromatic rings. The second-order valence-corrected chi connectivity index (χ2v) is 6.08. The van der Waals surface area contributed by atoms with Crippen LogP contribution in [-0.4, -0.2) is 42.8 Å². The Morgan fingerprint density at radius 1 is 1.41 bits per heavy atom. The molecule has 1 aliphatic heterocycles. The van der Waals surface area contributed by atoms with Crippen molar-refractivity contribution >= 4 is 5.91 Å². The summed E-state index contributed by atoms with van der Waals surface area (Å²) < 4.78 is 5.17. The summed E-state index contributed by atoms with van der Waals surface area (Å²) in [7, 11) is 1.75. The minimum atomic E-state index is -0.156. The Labute approximate surface area is 103 Å². The highest BCUT2D eigenvalue weighted by Gasteiger charge is 2.59. The van der Waals surface area contributed by atoms with E-state index in [9.17, 15) is 4.79 Å². The quantitative estimate of drug-likeness (QED) is 0.780. The first-order valence-corrected chi connectivity index (χ1v) is 6.69. The third-order valence-corrected chi connectivity index (χ3v) is 4.67. The fourth-order valence-corrected chi connectivity index (χ4v) is 3.03. The van der Waals surface area contributed by atoms with E-state index in [-0.39, 0.29) is 11.7 Å². The van der Waals surface area contributed by atoms with Crippen molar-refractivity contribution in [1.29, 1.82) is 0 Å². The summed E-state index contributed by atoms with van der Waals surface area (Å²) >= 11 is 0. The van der Waals surface area contributed by atoms with Crippen molar-refractivity contribution in [3.05, 3.63) is 0 Å². The van der Waals surface area contributed by atoms with Gasteiger partial charge in [0.15, 0.2) is 0 Å². The molecule has 1 unspecified atom stereocenters. The molecule has 2 saturated carbocycles. The number of methoxy groups -OCH3 is 1. The monoisotopic (exact) mass is 238 g/mol. The maximum atomic E-state index is 12.3. The molecule has 4 heteroatoms. The molecule has 1 spiro atoms. The number of amides is 1. The summed E-state index contributed by atoms with van der Waals surface area (Å²) in [5.74, 6) is 0.341. The number of carbonyl (C=O) groups excluding carboxylic acids is 1. The van der Waals surface area contributed by atoms with Crippen molar-refractivity contribution in [1.82, 2.24) is 10.2 Å². The summed E-state index contributed by atoms with van der Waals surface area (Å²) in [5, 5.41) is 3.46. The van der Waals surface area contributed by atoms with E-state index in [1.54, 1.807) is 7.11 Å². The van der Waals surface area contributed by atoms with Gasteiger partial charge in [-0.1, -0.05) is 0 Å². The van der Waals surface area contributed by atoms with E-state index in [0.717, 1.165) is 32.4 Å². The van der Waals surface area contributed by atoms with E-state index in [0.29, 0.717) is 11.3 Å². The van der Waals surface area contributed by atoms with Crippen molar-refractivity contribution < 1.29 is 9.53 Å². The Morgan fingerprint density at radius 3 is 2.59 bits per heavy atom. The van der Waals surface area contributed by atoms with Crippen molar-refractivity contribution in [2.24, 2.45) is 5.41 Å². The number of rotatable bonds is 5. The number of nitrogens with one attached hydrogen (secondary N) is 1. The normalized spacial score (nSPS) is 32.2. The highest BCUT2D eigenvalue weighted by atomic mass is 16.5. The van der Waals surface area contributed by atoms with E-state index in [1.165, 1.54) is 12.8 Å². The fourth-order valence-electron chi connectivity index (χ4n) is 3.03. The van der Waals surface area contributed by atoms with Gasteiger partial charge in [0.25, 0.3) is 0 Å². The smallest absolute Gasteiger partial charge is 0.244 e. The third-order valence-electron chi connectivity index (χ3n) is 4.67. The molecule has 0 aromatic heterocycles. The van der Waals surface area contributed by atoms with Crippen molar-refractivity contribution in [2.75, 3.05) is 20.3 Å². The topological polar surface area (TPSA) is 41.6 Å². The molecule has 0 aromatic carbocycles. The Kier molecular flexibility index (Phi) is 2.49. The highest BCUT2D eigenvalue weighted by Crippen LogP contribution is 2.51. The average molecular weight is 238 g/mol. The number of hydrogen-bond donors (Lipinski definition) is 1. The van der Waals surface area contributed by atoms with Gasteiger partial charge < -0.3 is 9.64 Å². The van der Waals surface area contributed by atoms with E-state index < -0.39 is 0 Å². The highest BCUT2D eigenvalue weighted by molar-refractivity contribution is 5.91. The minimum Gasteiger partial charge on any atom is -0.385 e. The van der Waals surface area contributed by atoms with Gasteiger partial charge in [-0.3, -0.25) is 10.1 Å². The lowest BCUT2D eigenvalue weighted by atomic mass is 10.0. The van der Waals surface area contributed by atoms with Crippen molar-refractivity contribution in [3.63, 3.8) is 0 Å². The molecule has 1 atom stereocenters. The zero-order chi connectivity index (χ0) is 12.1. The number of nitrogens with zero attached hydrogens (tertiary/aromatic N) is 1. The molecule has 3 aliphatic rings. The van der Waals surface area contributed by atoms with Gasteiger partial charge in [0.05, 0.1) is 11.7 Å². The van der Waals surface area contributed by atoms with E-state index >= 15 is 0 Å². The molecule has 1 amide bonds. The first-order valence-electron chi connectivity index (χ1n) is 6.69. The van der Waals surface area contributed by atoms with Gasteiger partial charge in [-0.25, -0.2) is 0 Å². The molecule has 96 valence electrons. The van der Waals surface area contributed by atoms with Crippen molar-refractivity contribution in [2.45, 2.75) is 50.7 Å². The lowest BCUT2D eigenvalue weighted by Crippen LogP contribution is -2.39. The van der Waals surface area contributed by atoms with Gasteiger partial charge in [0.1, 0.15) is 0 Å². The molecule has 3 fully saturated rings. The van der Waals surface area contributed by atoms with Crippen LogP contribution in [0.2, 0.25) is 0 Å². The first kappa shape index (κ1) is 11.5. The van der Waals surface area contributed by atoms with E-state index in [1.807, 2.05) is 0 Å². The van der Waals surface area contributed by atoms with Gasteiger partial charge >= 0.3 is 0 Å². The summed E-state index contributed by atoms with van der Waals surface area (Å²) in [6.07, 6.45) is 5.85. The molecular formula is C13H22N2O2. The van der Waals surface area contributed by atoms with Gasteiger partial charge in [-0.05, 0) is 44.4 Å². The zero-order valence-corrected chi connectivity index (χ0v) is 10.8. The second-order valence-electron chi connectivity index (χ2n) is 6.08. The van der Waals surface area contributed by atoms with Crippen LogP contribution in [0.3, 0.4) is 0 Å². The van der Waals surface area contributed by atoms with Gasteiger partial charge in [-0.15, -0.1) is 0 Å². The van der Waals surface area contributed by atoms with Gasteiger partial charge in [0.2, 0.25) is 5.91 Å². The maximum Gasteiger partial charge on any atom is 0.244 e. The molecular weight excluding hydrogens is 216 g/mol. The summed E-state index contributed by atoms with van der Waals surface area (Å²) in [5.41, 5.74) is 0.207. The average Bonchev–Trinajstić information content (AvgIpc) is 3.19. The SMILES string of the molecule is COCCC1(CN2C(=O)C3(CC3)NC2C)CC1. The molecule has 0 radical (unpaired) electrons. The van der Waals surface area contributed by atoms with Crippen LogP contribution in [0.1, 0.15) is 39.0 Å². The second kappa shape index (κ2) is 3.69. The molecule has 1 saturated heterocycles. The zero-order valence-electron chi connectivity index (χ0n) is 10.8. The van der Waals surface area contributed by atoms with Gasteiger partial charge in [-0.2, -0.15) is 0 Å². The largest absolute Gasteiger partial charge is 0.385 e.